The zero-order valence-electron chi connectivity index (χ0n) is 14.8. The maximum Gasteiger partial charge on any atom is 0.255 e. The quantitative estimate of drug-likeness (QED) is 0.714. The highest BCUT2D eigenvalue weighted by molar-refractivity contribution is 5.96. The number of hydrogen-bond donors (Lipinski definition) is 0. The molecular weight excluding hydrogens is 332 g/mol. The average molecular weight is 352 g/mol. The van der Waals surface area contributed by atoms with Crippen molar-refractivity contribution in [2.24, 2.45) is 7.05 Å². The molecule has 4 heterocycles. The van der Waals surface area contributed by atoms with E-state index in [0.717, 1.165) is 24.2 Å². The molecule has 1 saturated heterocycles. The van der Waals surface area contributed by atoms with Gasteiger partial charge in [-0.15, -0.1) is 5.10 Å². The zero-order chi connectivity index (χ0) is 18.1. The van der Waals surface area contributed by atoms with Crippen LogP contribution in [-0.2, 0) is 7.05 Å². The molecule has 0 saturated carbocycles. The minimum atomic E-state index is -0.0244. The summed E-state index contributed by atoms with van der Waals surface area (Å²) < 4.78 is 7.66. The number of pyridine rings is 2. The Bertz CT molecular complexity index is 946. The lowest BCUT2D eigenvalue weighted by atomic mass is 10.1. The van der Waals surface area contributed by atoms with Gasteiger partial charge in [0.2, 0.25) is 0 Å². The zero-order valence-corrected chi connectivity index (χ0v) is 14.8. The van der Waals surface area contributed by atoms with Crippen LogP contribution in [0.1, 0.15) is 28.8 Å². The normalized spacial score (nSPS) is 15.4. The number of aromatic nitrogens is 5. The van der Waals surface area contributed by atoms with Gasteiger partial charge >= 0.3 is 0 Å². The van der Waals surface area contributed by atoms with E-state index >= 15 is 0 Å². The smallest absolute Gasteiger partial charge is 0.255 e. The largest absolute Gasteiger partial charge is 0.490 e. The molecule has 8 nitrogen and oxygen atoms in total. The Labute approximate surface area is 150 Å². The molecule has 26 heavy (non-hydrogen) atoms. The topological polar surface area (TPSA) is 86.0 Å². The molecule has 4 rings (SSSR count). The van der Waals surface area contributed by atoms with Crippen molar-refractivity contribution in [2.75, 3.05) is 13.1 Å². The van der Waals surface area contributed by atoms with E-state index < -0.39 is 0 Å². The second-order valence-electron chi connectivity index (χ2n) is 6.53. The molecule has 1 aliphatic rings. The number of hydrogen-bond acceptors (Lipinski definition) is 6. The third-order valence-corrected chi connectivity index (χ3v) is 4.68. The predicted molar refractivity (Wildman–Crippen MR) is 94.8 cm³/mol. The van der Waals surface area contributed by atoms with Crippen molar-refractivity contribution >= 4 is 17.1 Å². The SMILES string of the molecule is Cc1cnccc1OC1CCN(C(=O)c2cnc3c(c2)nnn3C)CC1. The van der Waals surface area contributed by atoms with Gasteiger partial charge in [-0.2, -0.15) is 0 Å². The molecule has 8 heteroatoms. The molecule has 0 radical (unpaired) electrons. The van der Waals surface area contributed by atoms with E-state index in [4.69, 9.17) is 4.74 Å². The van der Waals surface area contributed by atoms with E-state index in [9.17, 15) is 4.79 Å². The van der Waals surface area contributed by atoms with Gasteiger partial charge in [0.05, 0.1) is 5.56 Å². The number of nitrogens with zero attached hydrogens (tertiary/aromatic N) is 6. The van der Waals surface area contributed by atoms with Crippen molar-refractivity contribution in [1.82, 2.24) is 29.9 Å². The molecule has 0 spiro atoms. The van der Waals surface area contributed by atoms with Crippen molar-refractivity contribution < 1.29 is 9.53 Å². The Balaban J connectivity index is 1.40. The molecule has 0 bridgehead atoms. The van der Waals surface area contributed by atoms with Crippen LogP contribution >= 0.6 is 0 Å². The van der Waals surface area contributed by atoms with Crippen LogP contribution in [0.4, 0.5) is 0 Å². The summed E-state index contributed by atoms with van der Waals surface area (Å²) in [6, 6.07) is 3.63. The lowest BCUT2D eigenvalue weighted by molar-refractivity contribution is 0.0594. The Morgan fingerprint density at radius 2 is 2.08 bits per heavy atom. The average Bonchev–Trinajstić information content (AvgIpc) is 3.04. The molecule has 3 aromatic rings. The number of ether oxygens (including phenoxy) is 1. The second kappa shape index (κ2) is 6.70. The number of carbonyl (C=O) groups is 1. The molecular formula is C18H20N6O2. The number of amides is 1. The van der Waals surface area contributed by atoms with Crippen molar-refractivity contribution in [2.45, 2.75) is 25.9 Å². The van der Waals surface area contributed by atoms with E-state index in [1.807, 2.05) is 17.9 Å². The van der Waals surface area contributed by atoms with Gasteiger partial charge < -0.3 is 9.64 Å². The number of fused-ring (bicyclic) bond motifs is 1. The second-order valence-corrected chi connectivity index (χ2v) is 6.53. The summed E-state index contributed by atoms with van der Waals surface area (Å²) in [7, 11) is 1.78. The highest BCUT2D eigenvalue weighted by Gasteiger charge is 2.25. The molecule has 134 valence electrons. The standard InChI is InChI=1S/C18H20N6O2/c1-12-10-19-6-3-16(12)26-14-4-7-24(8-5-14)18(25)13-9-15-17(20-11-13)23(2)22-21-15/h3,6,9-11,14H,4-5,7-8H2,1-2H3. The minimum Gasteiger partial charge on any atom is -0.490 e. The fraction of sp³-hybridized carbons (Fsp3) is 0.389. The Morgan fingerprint density at radius 1 is 1.27 bits per heavy atom. The first-order chi connectivity index (χ1) is 12.6. The van der Waals surface area contributed by atoms with Gasteiger partial charge in [-0.1, -0.05) is 5.21 Å². The van der Waals surface area contributed by atoms with E-state index in [-0.39, 0.29) is 12.0 Å². The lowest BCUT2D eigenvalue weighted by Crippen LogP contribution is -2.41. The van der Waals surface area contributed by atoms with Gasteiger partial charge in [-0.05, 0) is 19.1 Å². The Hall–Kier alpha value is -3.03. The van der Waals surface area contributed by atoms with E-state index in [1.165, 1.54) is 0 Å². The van der Waals surface area contributed by atoms with Gasteiger partial charge in [0.15, 0.2) is 5.65 Å². The van der Waals surface area contributed by atoms with Gasteiger partial charge in [-0.25, -0.2) is 9.67 Å². The maximum absolute atomic E-state index is 12.8. The predicted octanol–water partition coefficient (Wildman–Crippen LogP) is 1.75. The first-order valence-corrected chi connectivity index (χ1v) is 8.64. The van der Waals surface area contributed by atoms with Crippen molar-refractivity contribution in [3.05, 3.63) is 41.9 Å². The van der Waals surface area contributed by atoms with E-state index in [0.29, 0.717) is 29.8 Å². The summed E-state index contributed by atoms with van der Waals surface area (Å²) in [5.41, 5.74) is 2.86. The number of piperidine rings is 1. The molecule has 0 unspecified atom stereocenters. The first-order valence-electron chi connectivity index (χ1n) is 8.64. The summed E-state index contributed by atoms with van der Waals surface area (Å²) >= 11 is 0. The number of likely N-dealkylation sites (tertiary alicyclic amines) is 1. The highest BCUT2D eigenvalue weighted by Crippen LogP contribution is 2.22. The van der Waals surface area contributed by atoms with Crippen molar-refractivity contribution in [3.8, 4) is 5.75 Å². The van der Waals surface area contributed by atoms with Crippen LogP contribution in [0, 0.1) is 6.92 Å². The highest BCUT2D eigenvalue weighted by atomic mass is 16.5. The van der Waals surface area contributed by atoms with Gasteiger partial charge in [0.25, 0.3) is 5.91 Å². The van der Waals surface area contributed by atoms with Crippen LogP contribution in [0.2, 0.25) is 0 Å². The summed E-state index contributed by atoms with van der Waals surface area (Å²) in [4.78, 5) is 23.0. The van der Waals surface area contributed by atoms with Crippen LogP contribution in [-0.4, -0.2) is 55.0 Å². The summed E-state index contributed by atoms with van der Waals surface area (Å²) in [5.74, 6) is 0.839. The van der Waals surface area contributed by atoms with Crippen LogP contribution in [0.5, 0.6) is 5.75 Å². The summed E-state index contributed by atoms with van der Waals surface area (Å²) in [6.45, 7) is 3.30. The molecule has 0 aromatic carbocycles. The minimum absolute atomic E-state index is 0.0244. The number of rotatable bonds is 3. The number of aryl methyl sites for hydroxylation is 2. The van der Waals surface area contributed by atoms with Gasteiger partial charge in [0.1, 0.15) is 17.4 Å². The molecule has 0 N–H and O–H groups in total. The van der Waals surface area contributed by atoms with Crippen molar-refractivity contribution in [3.63, 3.8) is 0 Å². The molecule has 1 amide bonds. The third-order valence-electron chi connectivity index (χ3n) is 4.68. The van der Waals surface area contributed by atoms with E-state index in [1.54, 1.807) is 36.4 Å². The third kappa shape index (κ3) is 3.10. The Morgan fingerprint density at radius 3 is 2.85 bits per heavy atom. The van der Waals surface area contributed by atoms with Gasteiger partial charge in [0, 0.05) is 57.1 Å². The van der Waals surface area contributed by atoms with Gasteiger partial charge in [-0.3, -0.25) is 9.78 Å². The molecule has 3 aromatic heterocycles. The van der Waals surface area contributed by atoms with Crippen molar-refractivity contribution in [1.29, 1.82) is 0 Å². The first kappa shape index (κ1) is 16.4. The fourth-order valence-corrected chi connectivity index (χ4v) is 3.18. The molecule has 0 atom stereocenters. The fourth-order valence-electron chi connectivity index (χ4n) is 3.18. The monoisotopic (exact) mass is 352 g/mol. The lowest BCUT2D eigenvalue weighted by Gasteiger charge is -2.32. The summed E-state index contributed by atoms with van der Waals surface area (Å²) in [5, 5.41) is 7.95. The van der Waals surface area contributed by atoms with E-state index in [2.05, 4.69) is 20.3 Å². The van der Waals surface area contributed by atoms with Crippen LogP contribution < -0.4 is 4.74 Å². The molecule has 1 aliphatic heterocycles. The van der Waals surface area contributed by atoms with Crippen LogP contribution in [0.15, 0.2) is 30.7 Å². The molecule has 1 fully saturated rings. The summed E-state index contributed by atoms with van der Waals surface area (Å²) in [6.07, 6.45) is 6.83. The number of carbonyl (C=O) groups excluding carboxylic acids is 1. The van der Waals surface area contributed by atoms with Crippen LogP contribution in [0.3, 0.4) is 0 Å². The maximum atomic E-state index is 12.8. The molecule has 0 aliphatic carbocycles. The van der Waals surface area contributed by atoms with Crippen LogP contribution in [0.25, 0.3) is 11.2 Å². The Kier molecular flexibility index (Phi) is 4.24.